The molecule has 0 fully saturated rings. The van der Waals surface area contributed by atoms with Gasteiger partial charge >= 0.3 is 0 Å². The number of imidazole rings is 1. The molecule has 0 spiro atoms. The maximum absolute atomic E-state index is 4.99. The topological polar surface area (TPSA) is 39.4 Å². The van der Waals surface area contributed by atoms with Gasteiger partial charge in [-0.3, -0.25) is 4.57 Å². The zero-order valence-corrected chi connectivity index (χ0v) is 5.34. The summed E-state index contributed by atoms with van der Waals surface area (Å²) in [6, 6.07) is 0. The Morgan fingerprint density at radius 1 is 1.60 bits per heavy atom. The molecule has 52 valence electrons. The monoisotopic (exact) mass is 137 g/mol. The van der Waals surface area contributed by atoms with Crippen molar-refractivity contribution in [1.82, 2.24) is 9.55 Å². The molecule has 1 aliphatic rings. The van der Waals surface area contributed by atoms with Crippen LogP contribution < -0.4 is 0 Å². The Kier molecular flexibility index (Phi) is 1.16. The summed E-state index contributed by atoms with van der Waals surface area (Å²) >= 11 is 0. The summed E-state index contributed by atoms with van der Waals surface area (Å²) in [4.78, 5) is 8.88. The average Bonchev–Trinajstić information content (AvgIpc) is 2.59. The molecule has 1 aromatic heterocycles. The summed E-state index contributed by atoms with van der Waals surface area (Å²) in [5.41, 5.74) is 0. The maximum Gasteiger partial charge on any atom is 0.209 e. The first-order valence-corrected chi connectivity index (χ1v) is 3.12. The van der Waals surface area contributed by atoms with Crippen LogP contribution in [0.25, 0.3) is 0 Å². The molecule has 1 unspecified atom stereocenters. The normalized spacial score (nSPS) is 23.0. The first-order chi connectivity index (χ1) is 4.97. The van der Waals surface area contributed by atoms with Crippen molar-refractivity contribution < 1.29 is 4.84 Å². The molecule has 0 N–H and O–H groups in total. The van der Waals surface area contributed by atoms with Gasteiger partial charge in [0.05, 0.1) is 6.33 Å². The van der Waals surface area contributed by atoms with E-state index in [2.05, 4.69) is 10.1 Å². The van der Waals surface area contributed by atoms with Crippen LogP contribution in [0.1, 0.15) is 12.6 Å². The second-order valence-corrected chi connectivity index (χ2v) is 2.09. The largest absolute Gasteiger partial charge is 0.370 e. The lowest BCUT2D eigenvalue weighted by Crippen LogP contribution is -2.03. The molecular weight excluding hydrogens is 130 g/mol. The molecule has 0 amide bonds. The van der Waals surface area contributed by atoms with Gasteiger partial charge in [0.2, 0.25) is 6.23 Å². The van der Waals surface area contributed by atoms with E-state index >= 15 is 0 Å². The van der Waals surface area contributed by atoms with Crippen molar-refractivity contribution in [3.63, 3.8) is 0 Å². The minimum atomic E-state index is 0.0301. The number of aromatic nitrogens is 2. The van der Waals surface area contributed by atoms with Gasteiger partial charge in [-0.2, -0.15) is 0 Å². The van der Waals surface area contributed by atoms with Gasteiger partial charge < -0.3 is 4.84 Å². The number of rotatable bonds is 1. The van der Waals surface area contributed by atoms with E-state index in [1.54, 1.807) is 18.7 Å². The van der Waals surface area contributed by atoms with Crippen LogP contribution in [0.5, 0.6) is 0 Å². The number of hydrogen-bond acceptors (Lipinski definition) is 3. The van der Waals surface area contributed by atoms with Gasteiger partial charge in [-0.1, -0.05) is 5.16 Å². The predicted octanol–water partition coefficient (Wildman–Crippen LogP) is 0.788. The van der Waals surface area contributed by atoms with Gasteiger partial charge in [-0.15, -0.1) is 0 Å². The SMILES string of the molecule is C1=NOC(n2ccnc2)C1. The van der Waals surface area contributed by atoms with Crippen LogP contribution in [-0.4, -0.2) is 15.8 Å². The van der Waals surface area contributed by atoms with Gasteiger partial charge in [0, 0.05) is 25.0 Å². The highest BCUT2D eigenvalue weighted by Crippen LogP contribution is 2.15. The highest BCUT2D eigenvalue weighted by atomic mass is 16.7. The first-order valence-electron chi connectivity index (χ1n) is 3.12. The van der Waals surface area contributed by atoms with E-state index < -0.39 is 0 Å². The van der Waals surface area contributed by atoms with E-state index in [-0.39, 0.29) is 6.23 Å². The van der Waals surface area contributed by atoms with Crippen LogP contribution in [0.3, 0.4) is 0 Å². The van der Waals surface area contributed by atoms with Crippen molar-refractivity contribution in [2.24, 2.45) is 5.16 Å². The van der Waals surface area contributed by atoms with Crippen LogP contribution >= 0.6 is 0 Å². The zero-order valence-electron chi connectivity index (χ0n) is 5.34. The van der Waals surface area contributed by atoms with Crippen molar-refractivity contribution >= 4 is 6.21 Å². The summed E-state index contributed by atoms with van der Waals surface area (Å²) in [6.45, 7) is 0. The lowest BCUT2D eigenvalue weighted by molar-refractivity contribution is 0.0322. The van der Waals surface area contributed by atoms with Crippen molar-refractivity contribution in [3.8, 4) is 0 Å². The zero-order chi connectivity index (χ0) is 6.81. The number of hydrogen-bond donors (Lipinski definition) is 0. The van der Waals surface area contributed by atoms with Gasteiger partial charge in [0.15, 0.2) is 0 Å². The van der Waals surface area contributed by atoms with Crippen molar-refractivity contribution in [2.45, 2.75) is 12.6 Å². The fourth-order valence-electron chi connectivity index (χ4n) is 0.905. The molecule has 2 rings (SSSR count). The summed E-state index contributed by atoms with van der Waals surface area (Å²) in [7, 11) is 0. The maximum atomic E-state index is 4.99. The van der Waals surface area contributed by atoms with Crippen LogP contribution in [0, 0.1) is 0 Å². The summed E-state index contributed by atoms with van der Waals surface area (Å²) < 4.78 is 1.88. The second-order valence-electron chi connectivity index (χ2n) is 2.09. The summed E-state index contributed by atoms with van der Waals surface area (Å²) in [5.74, 6) is 0. The third-order valence-corrected chi connectivity index (χ3v) is 1.42. The molecule has 0 radical (unpaired) electrons. The minimum absolute atomic E-state index is 0.0301. The van der Waals surface area contributed by atoms with E-state index in [9.17, 15) is 0 Å². The average molecular weight is 137 g/mol. The summed E-state index contributed by atoms with van der Waals surface area (Å²) in [5, 5.41) is 3.65. The molecule has 1 aliphatic heterocycles. The van der Waals surface area contributed by atoms with Crippen LogP contribution in [0.4, 0.5) is 0 Å². The molecule has 0 aliphatic carbocycles. The fourth-order valence-corrected chi connectivity index (χ4v) is 0.905. The molecule has 1 atom stereocenters. The van der Waals surface area contributed by atoms with Crippen LogP contribution in [-0.2, 0) is 4.84 Å². The van der Waals surface area contributed by atoms with E-state index in [1.807, 2.05) is 10.8 Å². The fraction of sp³-hybridized carbons (Fsp3) is 0.333. The molecule has 0 saturated heterocycles. The molecule has 4 heteroatoms. The van der Waals surface area contributed by atoms with Gasteiger partial charge in [-0.05, 0) is 0 Å². The second kappa shape index (κ2) is 2.13. The summed E-state index contributed by atoms with van der Waals surface area (Å²) in [6.07, 6.45) is 7.92. The molecule has 1 aromatic rings. The van der Waals surface area contributed by atoms with Crippen molar-refractivity contribution in [2.75, 3.05) is 0 Å². The number of nitrogens with zero attached hydrogens (tertiary/aromatic N) is 3. The van der Waals surface area contributed by atoms with Crippen molar-refractivity contribution in [1.29, 1.82) is 0 Å². The third-order valence-electron chi connectivity index (χ3n) is 1.42. The van der Waals surface area contributed by atoms with Crippen molar-refractivity contribution in [3.05, 3.63) is 18.7 Å². The molecule has 0 aromatic carbocycles. The molecule has 0 saturated carbocycles. The Balaban J connectivity index is 2.14. The molecule has 4 nitrogen and oxygen atoms in total. The van der Waals surface area contributed by atoms with Crippen LogP contribution in [0.2, 0.25) is 0 Å². The lowest BCUT2D eigenvalue weighted by atomic mass is 10.4. The molecule has 10 heavy (non-hydrogen) atoms. The third kappa shape index (κ3) is 0.775. The molecule has 0 bridgehead atoms. The first kappa shape index (κ1) is 5.46. The van der Waals surface area contributed by atoms with Gasteiger partial charge in [0.25, 0.3) is 0 Å². The van der Waals surface area contributed by atoms with E-state index in [1.165, 1.54) is 0 Å². The molecular formula is C6H7N3O. The van der Waals surface area contributed by atoms with Gasteiger partial charge in [0.1, 0.15) is 0 Å². The Morgan fingerprint density at radius 2 is 2.60 bits per heavy atom. The Hall–Kier alpha value is -1.32. The minimum Gasteiger partial charge on any atom is -0.370 e. The Bertz CT molecular complexity index is 221. The Morgan fingerprint density at radius 3 is 3.20 bits per heavy atom. The Labute approximate surface area is 58.1 Å². The van der Waals surface area contributed by atoms with Gasteiger partial charge in [-0.25, -0.2) is 4.98 Å². The smallest absolute Gasteiger partial charge is 0.209 e. The van der Waals surface area contributed by atoms with E-state index in [0.717, 1.165) is 6.42 Å². The lowest BCUT2D eigenvalue weighted by Gasteiger charge is -2.07. The number of oxime groups is 1. The molecule has 2 heterocycles. The standard InChI is InChI=1S/C6H7N3O/c1-2-8-10-6(1)9-4-3-7-5-9/h2-6H,1H2. The quantitative estimate of drug-likeness (QED) is 0.574. The predicted molar refractivity (Wildman–Crippen MR) is 35.5 cm³/mol. The van der Waals surface area contributed by atoms with Crippen LogP contribution in [0.15, 0.2) is 23.9 Å². The van der Waals surface area contributed by atoms with E-state index in [4.69, 9.17) is 4.84 Å². The highest BCUT2D eigenvalue weighted by molar-refractivity contribution is 5.58. The van der Waals surface area contributed by atoms with E-state index in [0.29, 0.717) is 0 Å². The highest BCUT2D eigenvalue weighted by Gasteiger charge is 2.13.